The number of aliphatic hydroxyl groups is 1. The zero-order valence-corrected chi connectivity index (χ0v) is 18.1. The first kappa shape index (κ1) is 27.4. The Morgan fingerprint density at radius 3 is 1.28 bits per heavy atom. The van der Waals surface area contributed by atoms with E-state index in [0.717, 1.165) is 6.42 Å². The van der Waals surface area contributed by atoms with Crippen LogP contribution >= 0.6 is 0 Å². The molecule has 0 saturated carbocycles. The van der Waals surface area contributed by atoms with Gasteiger partial charge in [0.2, 0.25) is 6.23 Å². The van der Waals surface area contributed by atoms with Gasteiger partial charge in [-0.3, -0.25) is 0 Å². The van der Waals surface area contributed by atoms with Crippen molar-refractivity contribution in [1.29, 1.82) is 0 Å². The molecule has 0 aliphatic heterocycles. The first-order chi connectivity index (χ1) is 11.5. The minimum absolute atomic E-state index is 0. The maximum Gasteiger partial charge on any atom is 0.220 e. The molecule has 0 heterocycles. The zero-order chi connectivity index (χ0) is 18.1. The third kappa shape index (κ3) is 17.3. The molecule has 2 atom stereocenters. The summed E-state index contributed by atoms with van der Waals surface area (Å²) in [6.45, 7) is 4.73. The predicted octanol–water partition coefficient (Wildman–Crippen LogP) is 3.43. The maximum absolute atomic E-state index is 9.90. The molecule has 0 aromatic rings. The highest BCUT2D eigenvalue weighted by Gasteiger charge is 2.26. The standard InChI is InChI=1S/C21H46NO2.ClH/c1-4-6-7-8-9-10-11-12-13-14-15-16-17-18-19-20-21(23)22(3,24)5-2;/h21,23-24H,4-20H2,1-3H3;1H/q+1;/p-1. The minimum Gasteiger partial charge on any atom is -1.00 e. The zero-order valence-electron chi connectivity index (χ0n) is 17.3. The second kappa shape index (κ2) is 18.9. The number of aliphatic hydroxyl groups excluding tert-OH is 1. The molecule has 154 valence electrons. The third-order valence-corrected chi connectivity index (χ3v) is 5.35. The van der Waals surface area contributed by atoms with Crippen LogP contribution in [0.25, 0.3) is 0 Å². The lowest BCUT2D eigenvalue weighted by atomic mass is 10.0. The van der Waals surface area contributed by atoms with Gasteiger partial charge in [-0.15, -0.1) is 0 Å². The van der Waals surface area contributed by atoms with Gasteiger partial charge in [-0.05, 0) is 13.3 Å². The SMILES string of the molecule is CCCCCCCCCCCCCCCCCC(O)[N+](C)(O)CC.[Cl-]. The van der Waals surface area contributed by atoms with Crippen LogP contribution in [-0.2, 0) is 0 Å². The Hall–Kier alpha value is 0.170. The number of unbranched alkanes of at least 4 members (excludes halogenated alkanes) is 14. The average molecular weight is 380 g/mol. The highest BCUT2D eigenvalue weighted by Crippen LogP contribution is 2.15. The first-order valence-corrected chi connectivity index (χ1v) is 10.8. The first-order valence-electron chi connectivity index (χ1n) is 10.8. The van der Waals surface area contributed by atoms with E-state index >= 15 is 0 Å². The van der Waals surface area contributed by atoms with Crippen molar-refractivity contribution in [2.45, 2.75) is 123 Å². The summed E-state index contributed by atoms with van der Waals surface area (Å²) < 4.78 is -0.265. The van der Waals surface area contributed by atoms with Crippen LogP contribution in [0.15, 0.2) is 0 Å². The van der Waals surface area contributed by atoms with Crippen molar-refractivity contribution < 1.29 is 27.4 Å². The Bertz CT molecular complexity index is 262. The number of nitrogens with zero attached hydrogens (tertiary/aromatic N) is 1. The van der Waals surface area contributed by atoms with Crippen LogP contribution in [0.2, 0.25) is 0 Å². The van der Waals surface area contributed by atoms with Crippen molar-refractivity contribution in [2.75, 3.05) is 13.6 Å². The van der Waals surface area contributed by atoms with E-state index in [4.69, 9.17) is 0 Å². The normalized spacial score (nSPS) is 14.8. The van der Waals surface area contributed by atoms with Crippen molar-refractivity contribution in [3.8, 4) is 0 Å². The molecule has 4 heteroatoms. The summed E-state index contributed by atoms with van der Waals surface area (Å²) in [5, 5.41) is 19.8. The average Bonchev–Trinajstić information content (AvgIpc) is 2.58. The molecular formula is C21H46ClNO2. The molecule has 0 fully saturated rings. The van der Waals surface area contributed by atoms with Gasteiger partial charge in [-0.1, -0.05) is 96.8 Å². The molecule has 0 aromatic carbocycles. The highest BCUT2D eigenvalue weighted by atomic mass is 35.5. The van der Waals surface area contributed by atoms with Crippen molar-refractivity contribution >= 4 is 0 Å². The molecule has 3 nitrogen and oxygen atoms in total. The third-order valence-electron chi connectivity index (χ3n) is 5.35. The quantitative estimate of drug-likeness (QED) is 0.166. The molecule has 0 rings (SSSR count). The summed E-state index contributed by atoms with van der Waals surface area (Å²) in [5.74, 6) is 0. The smallest absolute Gasteiger partial charge is 0.220 e. The van der Waals surface area contributed by atoms with Crippen molar-refractivity contribution in [3.63, 3.8) is 0 Å². The van der Waals surface area contributed by atoms with E-state index in [-0.39, 0.29) is 17.1 Å². The summed E-state index contributed by atoms with van der Waals surface area (Å²) in [6, 6.07) is 0. The molecule has 0 amide bonds. The Kier molecular flexibility index (Phi) is 20.8. The molecular weight excluding hydrogens is 334 g/mol. The van der Waals surface area contributed by atoms with E-state index in [1.165, 1.54) is 89.9 Å². The number of quaternary nitrogens is 1. The molecule has 2 N–H and O–H groups in total. The van der Waals surface area contributed by atoms with Gasteiger partial charge in [-0.2, -0.15) is 4.65 Å². The van der Waals surface area contributed by atoms with Crippen LogP contribution in [0.1, 0.15) is 117 Å². The van der Waals surface area contributed by atoms with Crippen LogP contribution in [0.5, 0.6) is 0 Å². The van der Waals surface area contributed by atoms with Gasteiger partial charge in [-0.25, -0.2) is 5.21 Å². The number of hydrogen-bond acceptors (Lipinski definition) is 2. The fourth-order valence-corrected chi connectivity index (χ4v) is 3.19. The fraction of sp³-hybridized carbons (Fsp3) is 1.00. The lowest BCUT2D eigenvalue weighted by molar-refractivity contribution is -1.12. The monoisotopic (exact) mass is 379 g/mol. The van der Waals surface area contributed by atoms with Crippen molar-refractivity contribution in [2.24, 2.45) is 0 Å². The number of rotatable bonds is 18. The van der Waals surface area contributed by atoms with Gasteiger partial charge in [0.05, 0.1) is 0 Å². The fourth-order valence-electron chi connectivity index (χ4n) is 3.19. The Labute approximate surface area is 164 Å². The molecule has 0 aliphatic rings. The molecule has 0 aromatic heterocycles. The lowest BCUT2D eigenvalue weighted by Crippen LogP contribution is -3.00. The summed E-state index contributed by atoms with van der Waals surface area (Å²) in [4.78, 5) is 0. The van der Waals surface area contributed by atoms with Crippen molar-refractivity contribution in [3.05, 3.63) is 0 Å². The van der Waals surface area contributed by atoms with E-state index in [1.54, 1.807) is 7.05 Å². The van der Waals surface area contributed by atoms with Gasteiger partial charge >= 0.3 is 0 Å². The van der Waals surface area contributed by atoms with Gasteiger partial charge in [0.1, 0.15) is 13.6 Å². The van der Waals surface area contributed by atoms with Crippen LogP contribution in [-0.4, -0.2) is 34.8 Å². The molecule has 0 spiro atoms. The van der Waals surface area contributed by atoms with Gasteiger partial charge in [0.15, 0.2) is 0 Å². The molecule has 0 radical (unpaired) electrons. The number of hydrogen-bond donors (Lipinski definition) is 2. The number of hydroxylamine groups is 3. The van der Waals surface area contributed by atoms with E-state index in [1.807, 2.05) is 6.92 Å². The Morgan fingerprint density at radius 1 is 0.640 bits per heavy atom. The van der Waals surface area contributed by atoms with Crippen LogP contribution in [0.3, 0.4) is 0 Å². The maximum atomic E-state index is 9.90. The highest BCUT2D eigenvalue weighted by molar-refractivity contribution is 4.50. The summed E-state index contributed by atoms with van der Waals surface area (Å²) in [5.41, 5.74) is 0. The van der Waals surface area contributed by atoms with E-state index in [9.17, 15) is 10.3 Å². The summed E-state index contributed by atoms with van der Waals surface area (Å²) >= 11 is 0. The Balaban J connectivity index is 0. The molecule has 2 unspecified atom stereocenters. The van der Waals surface area contributed by atoms with E-state index in [0.29, 0.717) is 13.0 Å². The molecule has 0 saturated heterocycles. The van der Waals surface area contributed by atoms with Gasteiger partial charge in [0.25, 0.3) is 0 Å². The second-order valence-corrected chi connectivity index (χ2v) is 7.75. The molecule has 25 heavy (non-hydrogen) atoms. The molecule has 0 bridgehead atoms. The summed E-state index contributed by atoms with van der Waals surface area (Å²) in [7, 11) is 1.68. The van der Waals surface area contributed by atoms with Gasteiger partial charge < -0.3 is 17.5 Å². The van der Waals surface area contributed by atoms with Crippen molar-refractivity contribution in [1.82, 2.24) is 0 Å². The van der Waals surface area contributed by atoms with Crippen LogP contribution in [0, 0.1) is 0 Å². The lowest BCUT2D eigenvalue weighted by Gasteiger charge is -2.29. The Morgan fingerprint density at radius 2 is 0.960 bits per heavy atom. The topological polar surface area (TPSA) is 40.5 Å². The van der Waals surface area contributed by atoms with Crippen LogP contribution in [0.4, 0.5) is 0 Å². The number of halogens is 1. The minimum atomic E-state index is -0.628. The largest absolute Gasteiger partial charge is 1.00 e. The summed E-state index contributed by atoms with van der Waals surface area (Å²) in [6.07, 6.45) is 20.4. The van der Waals surface area contributed by atoms with Gasteiger partial charge in [0, 0.05) is 6.42 Å². The predicted molar refractivity (Wildman–Crippen MR) is 104 cm³/mol. The van der Waals surface area contributed by atoms with Crippen LogP contribution < -0.4 is 12.4 Å². The van der Waals surface area contributed by atoms with E-state index in [2.05, 4.69) is 6.92 Å². The van der Waals surface area contributed by atoms with E-state index < -0.39 is 6.23 Å². The second-order valence-electron chi connectivity index (χ2n) is 7.75. The molecule has 0 aliphatic carbocycles.